The van der Waals surface area contributed by atoms with E-state index in [2.05, 4.69) is 0 Å². The first-order chi connectivity index (χ1) is 7.83. The molecule has 1 amide bonds. The highest BCUT2D eigenvalue weighted by Crippen LogP contribution is 2.20. The van der Waals surface area contributed by atoms with Gasteiger partial charge in [-0.05, 0) is 33.6 Å². The standard InChI is InChI=1S/C13H23NO3/c1-5-11(15)10-7-6-8-14(9-10)12(16)17-13(2,3)4/h10H,5-9H2,1-4H3/t10-/m0/s1. The lowest BCUT2D eigenvalue weighted by molar-refractivity contribution is -0.124. The molecule has 0 unspecified atom stereocenters. The third-order valence-electron chi connectivity index (χ3n) is 2.88. The molecule has 17 heavy (non-hydrogen) atoms. The summed E-state index contributed by atoms with van der Waals surface area (Å²) in [5.41, 5.74) is -0.473. The summed E-state index contributed by atoms with van der Waals surface area (Å²) in [7, 11) is 0. The normalized spacial score (nSPS) is 21.2. The topological polar surface area (TPSA) is 46.6 Å². The van der Waals surface area contributed by atoms with Crippen molar-refractivity contribution in [2.75, 3.05) is 13.1 Å². The molecule has 0 radical (unpaired) electrons. The van der Waals surface area contributed by atoms with Gasteiger partial charge in [0.15, 0.2) is 0 Å². The number of Topliss-reactive ketones (excluding diaryl/α,β-unsaturated/α-hetero) is 1. The van der Waals surface area contributed by atoms with Gasteiger partial charge < -0.3 is 9.64 Å². The zero-order chi connectivity index (χ0) is 13.1. The molecule has 1 heterocycles. The van der Waals surface area contributed by atoms with Gasteiger partial charge in [0.2, 0.25) is 0 Å². The third kappa shape index (κ3) is 4.36. The van der Waals surface area contributed by atoms with Gasteiger partial charge in [0.25, 0.3) is 0 Å². The number of carbonyl (C=O) groups is 2. The Morgan fingerprint density at radius 3 is 2.53 bits per heavy atom. The Morgan fingerprint density at radius 2 is 2.00 bits per heavy atom. The molecule has 1 aliphatic rings. The van der Waals surface area contributed by atoms with Crippen LogP contribution in [0.4, 0.5) is 4.79 Å². The molecule has 0 saturated carbocycles. The van der Waals surface area contributed by atoms with Crippen LogP contribution in [0.1, 0.15) is 47.0 Å². The summed E-state index contributed by atoms with van der Waals surface area (Å²) in [6.45, 7) is 8.63. The minimum absolute atomic E-state index is 0.00117. The van der Waals surface area contributed by atoms with Crippen LogP contribution in [0.5, 0.6) is 0 Å². The number of amides is 1. The molecule has 4 heteroatoms. The van der Waals surface area contributed by atoms with Crippen LogP contribution in [0.3, 0.4) is 0 Å². The van der Waals surface area contributed by atoms with E-state index in [9.17, 15) is 9.59 Å². The zero-order valence-corrected chi connectivity index (χ0v) is 11.3. The first kappa shape index (κ1) is 14.0. The third-order valence-corrected chi connectivity index (χ3v) is 2.88. The van der Waals surface area contributed by atoms with Crippen LogP contribution >= 0.6 is 0 Å². The predicted molar refractivity (Wildman–Crippen MR) is 65.8 cm³/mol. The molecule has 98 valence electrons. The fourth-order valence-corrected chi connectivity index (χ4v) is 2.02. The number of hydrogen-bond acceptors (Lipinski definition) is 3. The Labute approximate surface area is 103 Å². The molecule has 0 aromatic rings. The van der Waals surface area contributed by atoms with E-state index < -0.39 is 5.60 Å². The summed E-state index contributed by atoms with van der Waals surface area (Å²) in [5, 5.41) is 0. The van der Waals surface area contributed by atoms with Crippen LogP contribution < -0.4 is 0 Å². The minimum atomic E-state index is -0.473. The largest absolute Gasteiger partial charge is 0.444 e. The van der Waals surface area contributed by atoms with E-state index in [-0.39, 0.29) is 17.8 Å². The quantitative estimate of drug-likeness (QED) is 0.746. The van der Waals surface area contributed by atoms with Crippen LogP contribution in [0.25, 0.3) is 0 Å². The van der Waals surface area contributed by atoms with Gasteiger partial charge in [0.05, 0.1) is 0 Å². The number of carbonyl (C=O) groups excluding carboxylic acids is 2. The lowest BCUT2D eigenvalue weighted by Crippen LogP contribution is -2.44. The smallest absolute Gasteiger partial charge is 0.410 e. The van der Waals surface area contributed by atoms with Crippen molar-refractivity contribution < 1.29 is 14.3 Å². The van der Waals surface area contributed by atoms with Crippen molar-refractivity contribution in [3.63, 3.8) is 0 Å². The van der Waals surface area contributed by atoms with Crippen molar-refractivity contribution in [2.45, 2.75) is 52.6 Å². The summed E-state index contributed by atoms with van der Waals surface area (Å²) in [6.07, 6.45) is 2.03. The summed E-state index contributed by atoms with van der Waals surface area (Å²) in [5.74, 6) is 0.250. The summed E-state index contributed by atoms with van der Waals surface area (Å²) >= 11 is 0. The number of piperidine rings is 1. The van der Waals surface area contributed by atoms with Crippen molar-refractivity contribution in [1.82, 2.24) is 4.90 Å². The van der Waals surface area contributed by atoms with Crippen LogP contribution in [0.2, 0.25) is 0 Å². The Bertz CT molecular complexity index is 294. The molecule has 0 bridgehead atoms. The summed E-state index contributed by atoms with van der Waals surface area (Å²) < 4.78 is 5.31. The molecule has 4 nitrogen and oxygen atoms in total. The van der Waals surface area contributed by atoms with E-state index in [4.69, 9.17) is 4.74 Å². The van der Waals surface area contributed by atoms with Crippen molar-refractivity contribution in [2.24, 2.45) is 5.92 Å². The second-order valence-electron chi connectivity index (χ2n) is 5.59. The van der Waals surface area contributed by atoms with E-state index in [1.54, 1.807) is 4.90 Å². The van der Waals surface area contributed by atoms with E-state index >= 15 is 0 Å². The Morgan fingerprint density at radius 1 is 1.35 bits per heavy atom. The fraction of sp³-hybridized carbons (Fsp3) is 0.846. The van der Waals surface area contributed by atoms with Crippen LogP contribution in [-0.2, 0) is 9.53 Å². The maximum absolute atomic E-state index is 11.9. The highest BCUT2D eigenvalue weighted by molar-refractivity contribution is 5.81. The monoisotopic (exact) mass is 241 g/mol. The zero-order valence-electron chi connectivity index (χ0n) is 11.3. The first-order valence-corrected chi connectivity index (χ1v) is 6.34. The average Bonchev–Trinajstić information content (AvgIpc) is 2.26. The van der Waals surface area contributed by atoms with Crippen molar-refractivity contribution >= 4 is 11.9 Å². The Hall–Kier alpha value is -1.06. The van der Waals surface area contributed by atoms with Crippen molar-refractivity contribution in [3.05, 3.63) is 0 Å². The molecule has 1 aliphatic heterocycles. The molecular formula is C13H23NO3. The maximum atomic E-state index is 11.9. The molecule has 1 rings (SSSR count). The maximum Gasteiger partial charge on any atom is 0.410 e. The van der Waals surface area contributed by atoms with Gasteiger partial charge in [0.1, 0.15) is 11.4 Å². The number of likely N-dealkylation sites (tertiary alicyclic amines) is 1. The highest BCUT2D eigenvalue weighted by atomic mass is 16.6. The van der Waals surface area contributed by atoms with Gasteiger partial charge >= 0.3 is 6.09 Å². The fourth-order valence-electron chi connectivity index (χ4n) is 2.02. The van der Waals surface area contributed by atoms with Crippen LogP contribution in [0, 0.1) is 5.92 Å². The molecule has 0 N–H and O–H groups in total. The van der Waals surface area contributed by atoms with Gasteiger partial charge in [-0.25, -0.2) is 4.79 Å². The van der Waals surface area contributed by atoms with Crippen molar-refractivity contribution in [3.8, 4) is 0 Å². The van der Waals surface area contributed by atoms with E-state index in [0.717, 1.165) is 12.8 Å². The highest BCUT2D eigenvalue weighted by Gasteiger charge is 2.29. The molecule has 0 spiro atoms. The predicted octanol–water partition coefficient (Wildman–Crippen LogP) is 2.61. The Balaban J connectivity index is 2.55. The second-order valence-corrected chi connectivity index (χ2v) is 5.59. The summed E-state index contributed by atoms with van der Waals surface area (Å²) in [6, 6.07) is 0. The average molecular weight is 241 g/mol. The lowest BCUT2D eigenvalue weighted by Gasteiger charge is -2.33. The van der Waals surface area contributed by atoms with E-state index in [1.807, 2.05) is 27.7 Å². The first-order valence-electron chi connectivity index (χ1n) is 6.34. The van der Waals surface area contributed by atoms with Gasteiger partial charge in [-0.3, -0.25) is 4.79 Å². The molecule has 1 atom stereocenters. The number of ether oxygens (including phenoxy) is 1. The van der Waals surface area contributed by atoms with Gasteiger partial charge in [-0.1, -0.05) is 6.92 Å². The minimum Gasteiger partial charge on any atom is -0.444 e. The molecule has 1 fully saturated rings. The second kappa shape index (κ2) is 5.52. The van der Waals surface area contributed by atoms with E-state index in [0.29, 0.717) is 19.5 Å². The van der Waals surface area contributed by atoms with Gasteiger partial charge in [0, 0.05) is 25.4 Å². The number of hydrogen-bond donors (Lipinski definition) is 0. The van der Waals surface area contributed by atoms with E-state index in [1.165, 1.54) is 0 Å². The molecular weight excluding hydrogens is 218 g/mol. The SMILES string of the molecule is CCC(=O)[C@H]1CCCN(C(=O)OC(C)(C)C)C1. The van der Waals surface area contributed by atoms with Crippen LogP contribution in [0.15, 0.2) is 0 Å². The lowest BCUT2D eigenvalue weighted by atomic mass is 9.93. The van der Waals surface area contributed by atoms with Gasteiger partial charge in [-0.2, -0.15) is 0 Å². The van der Waals surface area contributed by atoms with Crippen LogP contribution in [-0.4, -0.2) is 35.5 Å². The summed E-state index contributed by atoms with van der Waals surface area (Å²) in [4.78, 5) is 25.2. The number of ketones is 1. The number of rotatable bonds is 2. The van der Waals surface area contributed by atoms with Gasteiger partial charge in [-0.15, -0.1) is 0 Å². The molecule has 0 aliphatic carbocycles. The molecule has 1 saturated heterocycles. The molecule has 0 aromatic carbocycles. The number of nitrogens with zero attached hydrogens (tertiary/aromatic N) is 1. The Kier molecular flexibility index (Phi) is 4.54. The molecule has 0 aromatic heterocycles. The van der Waals surface area contributed by atoms with Crippen molar-refractivity contribution in [1.29, 1.82) is 0 Å².